The minimum absolute atomic E-state index is 0.0777. The van der Waals surface area contributed by atoms with Crippen LogP contribution in [0.5, 0.6) is 0 Å². The van der Waals surface area contributed by atoms with Crippen molar-refractivity contribution in [2.24, 2.45) is 0 Å². The molecule has 5 rings (SSSR count). The van der Waals surface area contributed by atoms with Crippen LogP contribution in [0.25, 0.3) is 10.9 Å². The summed E-state index contributed by atoms with van der Waals surface area (Å²) in [6.45, 7) is 2.54. The summed E-state index contributed by atoms with van der Waals surface area (Å²) in [5, 5.41) is 2.87. The monoisotopic (exact) mass is 429 g/mol. The fraction of sp³-hybridized carbons (Fsp3) is 0.200. The Morgan fingerprint density at radius 1 is 0.871 bits per heavy atom. The summed E-state index contributed by atoms with van der Waals surface area (Å²) in [6.07, 6.45) is 1.82. The Bertz CT molecular complexity index is 1190. The first-order valence-electron chi connectivity index (χ1n) is 10.4. The van der Waals surface area contributed by atoms with Crippen molar-refractivity contribution in [2.75, 3.05) is 26.2 Å². The summed E-state index contributed by atoms with van der Waals surface area (Å²) in [6, 6.07) is 21.2. The minimum Gasteiger partial charge on any atom is -0.360 e. The van der Waals surface area contributed by atoms with Crippen LogP contribution in [0.3, 0.4) is 0 Å². The number of hydrogen-bond donors (Lipinski definition) is 1. The molecule has 0 bridgehead atoms. The van der Waals surface area contributed by atoms with Gasteiger partial charge in [0.2, 0.25) is 0 Å². The van der Waals surface area contributed by atoms with Crippen molar-refractivity contribution in [2.45, 2.75) is 6.04 Å². The molecule has 3 heterocycles. The molecule has 0 unspecified atom stereocenters. The molecular weight excluding hydrogens is 406 g/mol. The van der Waals surface area contributed by atoms with E-state index in [1.807, 2.05) is 83.2 Å². The van der Waals surface area contributed by atoms with Gasteiger partial charge in [-0.1, -0.05) is 54.6 Å². The lowest BCUT2D eigenvalue weighted by Gasteiger charge is -2.38. The van der Waals surface area contributed by atoms with Crippen molar-refractivity contribution in [1.29, 1.82) is 0 Å². The third-order valence-corrected chi connectivity index (χ3v) is 6.77. The number of nitrogens with one attached hydrogen (secondary N) is 1. The van der Waals surface area contributed by atoms with Crippen LogP contribution in [-0.4, -0.2) is 52.7 Å². The van der Waals surface area contributed by atoms with Gasteiger partial charge in [-0.3, -0.25) is 14.5 Å². The Morgan fingerprint density at radius 2 is 1.61 bits per heavy atom. The molecule has 2 aromatic heterocycles. The lowest BCUT2D eigenvalue weighted by molar-refractivity contribution is 0.0536. The predicted octanol–water partition coefficient (Wildman–Crippen LogP) is 4.61. The maximum atomic E-state index is 13.8. The van der Waals surface area contributed by atoms with Crippen molar-refractivity contribution in [3.05, 3.63) is 94.3 Å². The molecule has 1 atom stereocenters. The number of nitrogens with zero attached hydrogens (tertiary/aromatic N) is 2. The largest absolute Gasteiger partial charge is 0.360 e. The molecule has 1 aliphatic heterocycles. The van der Waals surface area contributed by atoms with E-state index in [4.69, 9.17) is 0 Å². The number of benzene rings is 2. The predicted molar refractivity (Wildman–Crippen MR) is 124 cm³/mol. The number of aromatic nitrogens is 1. The number of thiophene rings is 1. The van der Waals surface area contributed by atoms with Crippen LogP contribution in [0.15, 0.2) is 78.3 Å². The third-order valence-electron chi connectivity index (χ3n) is 5.92. The van der Waals surface area contributed by atoms with Crippen molar-refractivity contribution in [3.63, 3.8) is 0 Å². The number of amides is 1. The number of hydrogen-bond acceptors (Lipinski definition) is 4. The Hall–Kier alpha value is -3.22. The van der Waals surface area contributed by atoms with E-state index in [2.05, 4.69) is 9.88 Å². The van der Waals surface area contributed by atoms with E-state index >= 15 is 0 Å². The van der Waals surface area contributed by atoms with Crippen molar-refractivity contribution >= 4 is 33.9 Å². The summed E-state index contributed by atoms with van der Waals surface area (Å²) in [7, 11) is 0. The van der Waals surface area contributed by atoms with Crippen LogP contribution in [-0.2, 0) is 0 Å². The van der Waals surface area contributed by atoms with E-state index in [1.165, 1.54) is 11.3 Å². The van der Waals surface area contributed by atoms with Crippen LogP contribution >= 0.6 is 11.3 Å². The number of carbonyl (C=O) groups excluding carboxylic acids is 2. The highest BCUT2D eigenvalue weighted by atomic mass is 32.1. The molecule has 1 fully saturated rings. The second-order valence-corrected chi connectivity index (χ2v) is 8.68. The average molecular weight is 430 g/mol. The van der Waals surface area contributed by atoms with Crippen LogP contribution in [0.2, 0.25) is 0 Å². The van der Waals surface area contributed by atoms with Gasteiger partial charge in [-0.15, -0.1) is 11.3 Å². The number of carbonyl (C=O) groups is 2. The van der Waals surface area contributed by atoms with Gasteiger partial charge in [0.25, 0.3) is 5.91 Å². The van der Waals surface area contributed by atoms with Gasteiger partial charge in [-0.25, -0.2) is 0 Å². The number of para-hydroxylation sites is 1. The topological polar surface area (TPSA) is 56.4 Å². The van der Waals surface area contributed by atoms with Crippen LogP contribution < -0.4 is 0 Å². The molecule has 5 nitrogen and oxygen atoms in total. The SMILES string of the molecule is O=C(c1c[nH]c2ccccc12)[C@H](c1ccccc1)N1CCN(C(=O)c2cccs2)CC1. The molecule has 156 valence electrons. The number of piperazine rings is 1. The van der Waals surface area contributed by atoms with E-state index in [1.54, 1.807) is 0 Å². The fourth-order valence-corrected chi connectivity index (χ4v) is 5.02. The summed E-state index contributed by atoms with van der Waals surface area (Å²) >= 11 is 1.47. The van der Waals surface area contributed by atoms with Gasteiger partial charge in [0.15, 0.2) is 5.78 Å². The molecule has 0 aliphatic carbocycles. The maximum absolute atomic E-state index is 13.8. The normalized spacial score (nSPS) is 15.8. The number of rotatable bonds is 5. The lowest BCUT2D eigenvalue weighted by Crippen LogP contribution is -2.50. The van der Waals surface area contributed by atoms with E-state index in [9.17, 15) is 9.59 Å². The van der Waals surface area contributed by atoms with Gasteiger partial charge in [0.05, 0.1) is 10.9 Å². The first kappa shape index (κ1) is 19.7. The number of fused-ring (bicyclic) bond motifs is 1. The second kappa shape index (κ2) is 8.49. The van der Waals surface area contributed by atoms with Gasteiger partial charge >= 0.3 is 0 Å². The molecule has 1 aliphatic rings. The van der Waals surface area contributed by atoms with E-state index < -0.39 is 0 Å². The highest BCUT2D eigenvalue weighted by Crippen LogP contribution is 2.30. The highest BCUT2D eigenvalue weighted by Gasteiger charge is 2.33. The molecule has 0 radical (unpaired) electrons. The molecule has 1 N–H and O–H groups in total. The Balaban J connectivity index is 1.41. The fourth-order valence-electron chi connectivity index (χ4n) is 4.33. The van der Waals surface area contributed by atoms with Crippen LogP contribution in [0.1, 0.15) is 31.6 Å². The highest BCUT2D eigenvalue weighted by molar-refractivity contribution is 7.12. The molecule has 2 aromatic carbocycles. The Morgan fingerprint density at radius 3 is 2.35 bits per heavy atom. The first-order chi connectivity index (χ1) is 15.2. The summed E-state index contributed by atoms with van der Waals surface area (Å²) in [5.74, 6) is 0.163. The van der Waals surface area contributed by atoms with E-state index in [0.29, 0.717) is 31.7 Å². The maximum Gasteiger partial charge on any atom is 0.264 e. The van der Waals surface area contributed by atoms with E-state index in [-0.39, 0.29) is 17.7 Å². The first-order valence-corrected chi connectivity index (χ1v) is 11.3. The number of ketones is 1. The number of aromatic amines is 1. The zero-order valence-electron chi connectivity index (χ0n) is 17.0. The molecular formula is C25H23N3O2S. The van der Waals surface area contributed by atoms with Gasteiger partial charge < -0.3 is 9.88 Å². The number of Topliss-reactive ketones (excluding diaryl/α,β-unsaturated/α-hetero) is 1. The molecule has 4 aromatic rings. The molecule has 6 heteroatoms. The van der Waals surface area contributed by atoms with Crippen molar-refractivity contribution < 1.29 is 9.59 Å². The minimum atomic E-state index is -0.376. The Labute approximate surface area is 184 Å². The van der Waals surface area contributed by atoms with Crippen LogP contribution in [0.4, 0.5) is 0 Å². The molecule has 31 heavy (non-hydrogen) atoms. The lowest BCUT2D eigenvalue weighted by atomic mass is 9.95. The summed E-state index contributed by atoms with van der Waals surface area (Å²) < 4.78 is 0. The quantitative estimate of drug-likeness (QED) is 0.471. The Kier molecular flexibility index (Phi) is 5.40. The van der Waals surface area contributed by atoms with Crippen molar-refractivity contribution in [3.8, 4) is 0 Å². The molecule has 0 spiro atoms. The summed E-state index contributed by atoms with van der Waals surface area (Å²) in [5.41, 5.74) is 2.65. The van der Waals surface area contributed by atoms with Gasteiger partial charge in [0.1, 0.15) is 0 Å². The number of H-pyrrole nitrogens is 1. The third kappa shape index (κ3) is 3.80. The molecule has 1 saturated heterocycles. The summed E-state index contributed by atoms with van der Waals surface area (Å²) in [4.78, 5) is 34.6. The van der Waals surface area contributed by atoms with Crippen molar-refractivity contribution in [1.82, 2.24) is 14.8 Å². The average Bonchev–Trinajstić information content (AvgIpc) is 3.50. The van der Waals surface area contributed by atoms with E-state index in [0.717, 1.165) is 21.3 Å². The zero-order chi connectivity index (χ0) is 21.2. The second-order valence-electron chi connectivity index (χ2n) is 7.73. The smallest absolute Gasteiger partial charge is 0.264 e. The van der Waals surface area contributed by atoms with Gasteiger partial charge in [0, 0.05) is 48.8 Å². The van der Waals surface area contributed by atoms with Crippen LogP contribution in [0, 0.1) is 0 Å². The molecule has 1 amide bonds. The standard InChI is InChI=1S/C25H23N3O2S/c29-24(20-17-26-21-10-5-4-9-19(20)21)23(18-7-2-1-3-8-18)27-12-14-28(15-13-27)25(30)22-11-6-16-31-22/h1-11,16-17,23,26H,12-15H2/t23-/m0/s1. The van der Waals surface area contributed by atoms with Gasteiger partial charge in [-0.2, -0.15) is 0 Å². The van der Waals surface area contributed by atoms with Gasteiger partial charge in [-0.05, 0) is 23.1 Å². The zero-order valence-corrected chi connectivity index (χ0v) is 17.8. The molecule has 0 saturated carbocycles.